The number of aryl methyl sites for hydroxylation is 3. The van der Waals surface area contributed by atoms with Crippen molar-refractivity contribution in [1.82, 2.24) is 20.4 Å². The second kappa shape index (κ2) is 6.54. The highest BCUT2D eigenvalue weighted by atomic mass is 16.1. The van der Waals surface area contributed by atoms with Gasteiger partial charge < -0.3 is 10.6 Å². The van der Waals surface area contributed by atoms with Crippen molar-refractivity contribution < 1.29 is 4.79 Å². The minimum atomic E-state index is -0.0371. The maximum absolute atomic E-state index is 12.6. The van der Waals surface area contributed by atoms with Crippen LogP contribution in [0.4, 0.5) is 0 Å². The third-order valence-corrected chi connectivity index (χ3v) is 4.66. The van der Waals surface area contributed by atoms with Crippen LogP contribution in [0, 0.1) is 19.8 Å². The molecule has 2 heterocycles. The molecule has 0 bridgehead atoms. The summed E-state index contributed by atoms with van der Waals surface area (Å²) < 4.78 is 1.79. The van der Waals surface area contributed by atoms with Crippen LogP contribution in [-0.2, 0) is 18.4 Å². The Bertz CT molecular complexity index is 707. The summed E-state index contributed by atoms with van der Waals surface area (Å²) in [5.74, 6) is 0.275. The molecule has 122 valence electrons. The van der Waals surface area contributed by atoms with E-state index in [2.05, 4.69) is 47.8 Å². The van der Waals surface area contributed by atoms with Crippen molar-refractivity contribution in [2.24, 2.45) is 13.0 Å². The Hall–Kier alpha value is -2.14. The van der Waals surface area contributed by atoms with Crippen LogP contribution in [0.3, 0.4) is 0 Å². The van der Waals surface area contributed by atoms with Crippen LogP contribution in [0.25, 0.3) is 0 Å². The minimum Gasteiger partial charge on any atom is -0.352 e. The summed E-state index contributed by atoms with van der Waals surface area (Å²) in [6, 6.07) is 6.33. The van der Waals surface area contributed by atoms with Gasteiger partial charge in [-0.3, -0.25) is 9.48 Å². The van der Waals surface area contributed by atoms with Gasteiger partial charge in [0.25, 0.3) is 0 Å². The molecule has 1 fully saturated rings. The van der Waals surface area contributed by atoms with E-state index in [-0.39, 0.29) is 17.7 Å². The predicted octanol–water partition coefficient (Wildman–Crippen LogP) is 1.66. The first kappa shape index (κ1) is 15.7. The molecule has 0 saturated carbocycles. The number of amides is 1. The summed E-state index contributed by atoms with van der Waals surface area (Å²) in [6.45, 7) is 6.30. The summed E-state index contributed by atoms with van der Waals surface area (Å²) in [4.78, 5) is 12.6. The lowest BCUT2D eigenvalue weighted by Gasteiger charge is -2.17. The number of benzene rings is 1. The van der Waals surface area contributed by atoms with Crippen molar-refractivity contribution in [3.8, 4) is 0 Å². The van der Waals surface area contributed by atoms with Gasteiger partial charge in [-0.1, -0.05) is 23.8 Å². The van der Waals surface area contributed by atoms with Crippen molar-refractivity contribution >= 4 is 5.91 Å². The molecule has 3 rings (SSSR count). The first-order chi connectivity index (χ1) is 11.0. The summed E-state index contributed by atoms with van der Waals surface area (Å²) in [5, 5.41) is 10.7. The van der Waals surface area contributed by atoms with Crippen LogP contribution >= 0.6 is 0 Å². The number of hydrogen-bond acceptors (Lipinski definition) is 3. The van der Waals surface area contributed by atoms with E-state index in [9.17, 15) is 4.79 Å². The number of nitrogens with zero attached hydrogens (tertiary/aromatic N) is 2. The average molecular weight is 312 g/mol. The number of carbonyl (C=O) groups is 1. The van der Waals surface area contributed by atoms with Gasteiger partial charge in [0.2, 0.25) is 5.91 Å². The van der Waals surface area contributed by atoms with Gasteiger partial charge in [-0.05, 0) is 30.5 Å². The smallest absolute Gasteiger partial charge is 0.225 e. The molecule has 1 amide bonds. The predicted molar refractivity (Wildman–Crippen MR) is 90.1 cm³/mol. The third-order valence-electron chi connectivity index (χ3n) is 4.66. The molecule has 2 N–H and O–H groups in total. The largest absolute Gasteiger partial charge is 0.352 e. The van der Waals surface area contributed by atoms with E-state index in [1.54, 1.807) is 4.68 Å². The zero-order valence-electron chi connectivity index (χ0n) is 14.0. The van der Waals surface area contributed by atoms with Gasteiger partial charge in [0.05, 0.1) is 12.1 Å². The monoisotopic (exact) mass is 312 g/mol. The molecule has 1 aliphatic heterocycles. The lowest BCUT2D eigenvalue weighted by molar-refractivity contribution is -0.125. The quantitative estimate of drug-likeness (QED) is 0.902. The summed E-state index contributed by atoms with van der Waals surface area (Å²) >= 11 is 0. The molecule has 23 heavy (non-hydrogen) atoms. The Morgan fingerprint density at radius 1 is 1.39 bits per heavy atom. The van der Waals surface area contributed by atoms with Gasteiger partial charge in [0, 0.05) is 38.8 Å². The number of aromatic nitrogens is 2. The van der Waals surface area contributed by atoms with Crippen LogP contribution in [0.5, 0.6) is 0 Å². The SMILES string of the molecule is Cc1ccc(CNC(=O)[C@H]2CNC[C@@H]2c2cnn(C)c2)c(C)c1. The van der Waals surface area contributed by atoms with Gasteiger partial charge in [0.15, 0.2) is 0 Å². The Morgan fingerprint density at radius 2 is 2.22 bits per heavy atom. The molecule has 1 aromatic carbocycles. The standard InChI is InChI=1S/C18H24N4O/c1-12-4-5-14(13(2)6-12)7-20-18(23)17-10-19-9-16(17)15-8-21-22(3)11-15/h4-6,8,11,16-17,19H,7,9-10H2,1-3H3,(H,20,23)/t16-,17+/m1/s1. The molecule has 0 aliphatic carbocycles. The Morgan fingerprint density at radius 3 is 2.91 bits per heavy atom. The fourth-order valence-electron chi connectivity index (χ4n) is 3.29. The summed E-state index contributed by atoms with van der Waals surface area (Å²) in [5.41, 5.74) is 4.77. The molecule has 0 unspecified atom stereocenters. The number of rotatable bonds is 4. The second-order valence-corrected chi connectivity index (χ2v) is 6.47. The molecular formula is C18H24N4O. The molecule has 1 saturated heterocycles. The fraction of sp³-hybridized carbons (Fsp3) is 0.444. The van der Waals surface area contributed by atoms with E-state index in [1.165, 1.54) is 16.7 Å². The normalized spacial score (nSPS) is 20.7. The Kier molecular flexibility index (Phi) is 4.48. The second-order valence-electron chi connectivity index (χ2n) is 6.47. The van der Waals surface area contributed by atoms with Crippen LogP contribution in [0.2, 0.25) is 0 Å². The van der Waals surface area contributed by atoms with Crippen molar-refractivity contribution in [2.45, 2.75) is 26.3 Å². The molecule has 5 nitrogen and oxygen atoms in total. The van der Waals surface area contributed by atoms with Crippen LogP contribution in [0.15, 0.2) is 30.6 Å². The zero-order valence-corrected chi connectivity index (χ0v) is 14.0. The van der Waals surface area contributed by atoms with Crippen molar-refractivity contribution in [1.29, 1.82) is 0 Å². The van der Waals surface area contributed by atoms with Gasteiger partial charge in [0.1, 0.15) is 0 Å². The van der Waals surface area contributed by atoms with Crippen LogP contribution in [-0.4, -0.2) is 28.8 Å². The van der Waals surface area contributed by atoms with Gasteiger partial charge in [-0.15, -0.1) is 0 Å². The van der Waals surface area contributed by atoms with Crippen LogP contribution in [0.1, 0.15) is 28.2 Å². The van der Waals surface area contributed by atoms with E-state index in [0.29, 0.717) is 6.54 Å². The lowest BCUT2D eigenvalue weighted by atomic mass is 9.90. The molecule has 0 spiro atoms. The molecule has 1 aliphatic rings. The van der Waals surface area contributed by atoms with E-state index < -0.39 is 0 Å². The fourth-order valence-corrected chi connectivity index (χ4v) is 3.29. The van der Waals surface area contributed by atoms with E-state index in [4.69, 9.17) is 0 Å². The van der Waals surface area contributed by atoms with Crippen molar-refractivity contribution in [3.63, 3.8) is 0 Å². The van der Waals surface area contributed by atoms with Gasteiger partial charge in [-0.2, -0.15) is 5.10 Å². The molecular weight excluding hydrogens is 288 g/mol. The number of carbonyl (C=O) groups excluding carboxylic acids is 1. The first-order valence-corrected chi connectivity index (χ1v) is 8.07. The van der Waals surface area contributed by atoms with Crippen molar-refractivity contribution in [3.05, 3.63) is 52.8 Å². The first-order valence-electron chi connectivity index (χ1n) is 8.07. The number of nitrogens with one attached hydrogen (secondary N) is 2. The molecule has 1 aromatic heterocycles. The van der Waals surface area contributed by atoms with Gasteiger partial charge >= 0.3 is 0 Å². The topological polar surface area (TPSA) is 59.0 Å². The molecule has 2 atom stereocenters. The number of hydrogen-bond donors (Lipinski definition) is 2. The maximum atomic E-state index is 12.6. The van der Waals surface area contributed by atoms with Gasteiger partial charge in [-0.25, -0.2) is 0 Å². The highest BCUT2D eigenvalue weighted by molar-refractivity contribution is 5.80. The highest BCUT2D eigenvalue weighted by Crippen LogP contribution is 2.28. The maximum Gasteiger partial charge on any atom is 0.225 e. The summed E-state index contributed by atoms with van der Waals surface area (Å²) in [6.07, 6.45) is 3.87. The Balaban J connectivity index is 1.65. The molecule has 2 aromatic rings. The highest BCUT2D eigenvalue weighted by Gasteiger charge is 2.34. The summed E-state index contributed by atoms with van der Waals surface area (Å²) in [7, 11) is 1.90. The Labute approximate surface area is 137 Å². The lowest BCUT2D eigenvalue weighted by Crippen LogP contribution is -2.34. The molecule has 5 heteroatoms. The van der Waals surface area contributed by atoms with E-state index in [0.717, 1.165) is 18.7 Å². The average Bonchev–Trinajstić information content (AvgIpc) is 3.14. The van der Waals surface area contributed by atoms with E-state index in [1.807, 2.05) is 19.4 Å². The van der Waals surface area contributed by atoms with Crippen molar-refractivity contribution in [2.75, 3.05) is 13.1 Å². The minimum absolute atomic E-state index is 0.0371. The zero-order chi connectivity index (χ0) is 16.4. The molecule has 0 radical (unpaired) electrons. The third kappa shape index (κ3) is 3.45. The van der Waals surface area contributed by atoms with E-state index >= 15 is 0 Å². The van der Waals surface area contributed by atoms with Crippen LogP contribution < -0.4 is 10.6 Å².